The number of thioether (sulfide) groups is 1. The molecule has 0 aliphatic rings. The lowest BCUT2D eigenvalue weighted by atomic mass is 10.1. The Balaban J connectivity index is 2.12. The first-order valence-electron chi connectivity index (χ1n) is 7.04. The first-order valence-corrected chi connectivity index (χ1v) is 7.92. The van der Waals surface area contributed by atoms with Crippen LogP contribution in [0.15, 0.2) is 29.6 Å². The lowest BCUT2D eigenvalue weighted by Gasteiger charge is -2.12. The molecule has 3 N–H and O–H groups in total. The zero-order chi connectivity index (χ0) is 19.3. The number of nitro benzene ring substituents is 1. The molecule has 1 atom stereocenters. The number of non-ortho nitro benzene ring substituents is 1. The minimum Gasteiger partial charge on any atom is -0.382 e. The van der Waals surface area contributed by atoms with Crippen LogP contribution in [0, 0.1) is 32.8 Å². The Bertz CT molecular complexity index is 965. The van der Waals surface area contributed by atoms with Crippen molar-refractivity contribution in [2.75, 3.05) is 11.1 Å². The van der Waals surface area contributed by atoms with E-state index in [1.165, 1.54) is 18.3 Å². The van der Waals surface area contributed by atoms with E-state index in [1.807, 2.05) is 12.1 Å². The third-order valence-electron chi connectivity index (χ3n) is 3.16. The van der Waals surface area contributed by atoms with Crippen LogP contribution in [-0.2, 0) is 4.79 Å². The summed E-state index contributed by atoms with van der Waals surface area (Å²) in [5, 5.41) is 30.8. The second kappa shape index (κ2) is 7.92. The SMILES string of the molecule is C[C@@H](Sc1ncc(C#N)c(N)n1)C(=O)Nc1ccc([N+](=O)[O-])cc1C#N. The molecule has 0 unspecified atom stereocenters. The number of nitrogens with zero attached hydrogens (tertiary/aromatic N) is 5. The van der Waals surface area contributed by atoms with Gasteiger partial charge in [0.25, 0.3) is 5.69 Å². The molecule has 0 aliphatic heterocycles. The summed E-state index contributed by atoms with van der Waals surface area (Å²) in [7, 11) is 0. The molecular weight excluding hydrogens is 358 g/mol. The number of anilines is 2. The summed E-state index contributed by atoms with van der Waals surface area (Å²) in [6.07, 6.45) is 1.26. The Labute approximate surface area is 151 Å². The first-order chi connectivity index (χ1) is 12.3. The maximum absolute atomic E-state index is 12.3. The predicted molar refractivity (Wildman–Crippen MR) is 92.9 cm³/mol. The molecule has 0 bridgehead atoms. The number of nitrogens with two attached hydrogens (primary N) is 1. The van der Waals surface area contributed by atoms with Gasteiger partial charge in [0.05, 0.1) is 27.6 Å². The number of amides is 1. The van der Waals surface area contributed by atoms with Crippen LogP contribution >= 0.6 is 11.8 Å². The van der Waals surface area contributed by atoms with Crippen LogP contribution in [0.1, 0.15) is 18.1 Å². The van der Waals surface area contributed by atoms with Crippen molar-refractivity contribution >= 4 is 34.9 Å². The van der Waals surface area contributed by atoms with Crippen LogP contribution in [0.4, 0.5) is 17.2 Å². The van der Waals surface area contributed by atoms with Crippen LogP contribution in [0.5, 0.6) is 0 Å². The van der Waals surface area contributed by atoms with Gasteiger partial charge in [0.15, 0.2) is 5.16 Å². The number of hydrogen-bond donors (Lipinski definition) is 2. The highest BCUT2D eigenvalue weighted by molar-refractivity contribution is 8.00. The lowest BCUT2D eigenvalue weighted by Crippen LogP contribution is -2.23. The first kappa shape index (κ1) is 18.6. The van der Waals surface area contributed by atoms with E-state index < -0.39 is 16.1 Å². The van der Waals surface area contributed by atoms with E-state index in [0.29, 0.717) is 0 Å². The number of aromatic nitrogens is 2. The van der Waals surface area contributed by atoms with Gasteiger partial charge in [0, 0.05) is 12.1 Å². The van der Waals surface area contributed by atoms with Crippen molar-refractivity contribution in [1.82, 2.24) is 9.97 Å². The molecule has 0 spiro atoms. The van der Waals surface area contributed by atoms with Gasteiger partial charge in [-0.25, -0.2) is 9.97 Å². The average molecular weight is 369 g/mol. The zero-order valence-electron chi connectivity index (χ0n) is 13.3. The average Bonchev–Trinajstić information content (AvgIpc) is 2.61. The monoisotopic (exact) mass is 369 g/mol. The molecule has 26 heavy (non-hydrogen) atoms. The van der Waals surface area contributed by atoms with Gasteiger partial charge in [-0.05, 0) is 13.0 Å². The van der Waals surface area contributed by atoms with E-state index in [9.17, 15) is 14.9 Å². The van der Waals surface area contributed by atoms with Gasteiger partial charge in [0.1, 0.15) is 23.5 Å². The quantitative estimate of drug-likeness (QED) is 0.345. The summed E-state index contributed by atoms with van der Waals surface area (Å²) in [4.78, 5) is 30.3. The Morgan fingerprint density at radius 1 is 1.38 bits per heavy atom. The number of carbonyl (C=O) groups excluding carboxylic acids is 1. The molecular formula is C15H11N7O3S. The molecule has 1 aromatic carbocycles. The predicted octanol–water partition coefficient (Wildman–Crippen LogP) is 1.83. The number of nitrogen functional groups attached to an aromatic ring is 1. The van der Waals surface area contributed by atoms with Crippen molar-refractivity contribution in [2.45, 2.75) is 17.3 Å². The molecule has 130 valence electrons. The summed E-state index contributed by atoms with van der Waals surface area (Å²) in [6, 6.07) is 7.21. The summed E-state index contributed by atoms with van der Waals surface area (Å²) in [5.74, 6) is -0.438. The fraction of sp³-hybridized carbons (Fsp3) is 0.133. The standard InChI is InChI=1S/C15H11N7O3S/c1-8(26-15-19-7-10(6-17)13(18)21-15)14(23)20-12-3-2-11(22(24)25)4-9(12)5-16/h2-4,7-8H,1H3,(H,20,23)(H2,18,19,21)/t8-/m1/s1. The number of hydrogen-bond acceptors (Lipinski definition) is 9. The van der Waals surface area contributed by atoms with Crippen molar-refractivity contribution in [1.29, 1.82) is 10.5 Å². The minimum atomic E-state index is -0.649. The summed E-state index contributed by atoms with van der Waals surface area (Å²) < 4.78 is 0. The lowest BCUT2D eigenvalue weighted by molar-refractivity contribution is -0.384. The van der Waals surface area contributed by atoms with E-state index >= 15 is 0 Å². The largest absolute Gasteiger partial charge is 0.382 e. The molecule has 0 radical (unpaired) electrons. The molecule has 2 rings (SSSR count). The Morgan fingerprint density at radius 3 is 2.65 bits per heavy atom. The Hall–Kier alpha value is -3.70. The van der Waals surface area contributed by atoms with Gasteiger partial charge in [-0.15, -0.1) is 0 Å². The van der Waals surface area contributed by atoms with E-state index in [0.717, 1.165) is 17.8 Å². The van der Waals surface area contributed by atoms with Crippen LogP contribution in [0.25, 0.3) is 0 Å². The summed E-state index contributed by atoms with van der Waals surface area (Å²) >= 11 is 1.01. The van der Waals surface area contributed by atoms with E-state index in [-0.39, 0.29) is 33.5 Å². The Morgan fingerprint density at radius 2 is 2.08 bits per heavy atom. The van der Waals surface area contributed by atoms with Crippen molar-refractivity contribution in [3.63, 3.8) is 0 Å². The molecule has 1 aromatic heterocycles. The van der Waals surface area contributed by atoms with Crippen molar-refractivity contribution in [3.05, 3.63) is 45.6 Å². The number of benzene rings is 1. The molecule has 1 heterocycles. The van der Waals surface area contributed by atoms with Crippen LogP contribution in [0.3, 0.4) is 0 Å². The normalized spacial score (nSPS) is 11.0. The number of nitrogens with one attached hydrogen (secondary N) is 1. The summed E-state index contributed by atoms with van der Waals surface area (Å²) in [6.45, 7) is 1.59. The molecule has 1 amide bonds. The number of rotatable bonds is 5. The Kier molecular flexibility index (Phi) is 5.67. The smallest absolute Gasteiger partial charge is 0.270 e. The van der Waals surface area contributed by atoms with Gasteiger partial charge in [-0.2, -0.15) is 10.5 Å². The van der Waals surface area contributed by atoms with E-state index in [2.05, 4.69) is 15.3 Å². The molecule has 0 saturated heterocycles. The summed E-state index contributed by atoms with van der Waals surface area (Å²) in [5.41, 5.74) is 5.63. The molecule has 0 fully saturated rings. The highest BCUT2D eigenvalue weighted by atomic mass is 32.2. The number of nitriles is 2. The topological polar surface area (TPSA) is 172 Å². The highest BCUT2D eigenvalue weighted by Gasteiger charge is 2.19. The van der Waals surface area contributed by atoms with Gasteiger partial charge in [-0.1, -0.05) is 11.8 Å². The van der Waals surface area contributed by atoms with Crippen molar-refractivity contribution < 1.29 is 9.72 Å². The fourth-order valence-electron chi connectivity index (χ4n) is 1.81. The van der Waals surface area contributed by atoms with Crippen LogP contribution in [-0.4, -0.2) is 26.0 Å². The van der Waals surface area contributed by atoms with Crippen LogP contribution in [0.2, 0.25) is 0 Å². The number of nitro groups is 1. The van der Waals surface area contributed by atoms with Gasteiger partial charge < -0.3 is 11.1 Å². The highest BCUT2D eigenvalue weighted by Crippen LogP contribution is 2.25. The fourth-order valence-corrected chi connectivity index (χ4v) is 2.56. The third-order valence-corrected chi connectivity index (χ3v) is 4.14. The molecule has 2 aromatic rings. The molecule has 11 heteroatoms. The maximum atomic E-state index is 12.3. The molecule has 0 aliphatic carbocycles. The number of carbonyl (C=O) groups is 1. The molecule has 0 saturated carbocycles. The van der Waals surface area contributed by atoms with Gasteiger partial charge >= 0.3 is 0 Å². The van der Waals surface area contributed by atoms with Crippen molar-refractivity contribution in [3.8, 4) is 12.1 Å². The second-order valence-electron chi connectivity index (χ2n) is 4.91. The van der Waals surface area contributed by atoms with Gasteiger partial charge in [0.2, 0.25) is 5.91 Å². The van der Waals surface area contributed by atoms with E-state index in [1.54, 1.807) is 6.92 Å². The zero-order valence-corrected chi connectivity index (χ0v) is 14.1. The third kappa shape index (κ3) is 4.23. The molecule has 10 nitrogen and oxygen atoms in total. The van der Waals surface area contributed by atoms with Gasteiger partial charge in [-0.3, -0.25) is 14.9 Å². The minimum absolute atomic E-state index is 0.0137. The van der Waals surface area contributed by atoms with Crippen LogP contribution < -0.4 is 11.1 Å². The maximum Gasteiger partial charge on any atom is 0.270 e. The van der Waals surface area contributed by atoms with E-state index in [4.69, 9.17) is 16.3 Å². The van der Waals surface area contributed by atoms with Crippen molar-refractivity contribution in [2.24, 2.45) is 0 Å². The second-order valence-corrected chi connectivity index (χ2v) is 6.22.